The van der Waals surface area contributed by atoms with Crippen LogP contribution >= 0.6 is 0 Å². The van der Waals surface area contributed by atoms with E-state index < -0.39 is 0 Å². The molecule has 1 N–H and O–H groups in total. The molecule has 0 heterocycles. The van der Waals surface area contributed by atoms with Crippen molar-refractivity contribution >= 4 is 5.97 Å². The molecule has 0 saturated carbocycles. The largest absolute Gasteiger partial charge is 0.507 e. The Bertz CT molecular complexity index is 761. The topological polar surface area (TPSA) is 46.5 Å². The summed E-state index contributed by atoms with van der Waals surface area (Å²) in [5, 5.41) is 11.0. The van der Waals surface area contributed by atoms with E-state index in [0.717, 1.165) is 29.5 Å². The van der Waals surface area contributed by atoms with Crippen LogP contribution in [0.3, 0.4) is 0 Å². The van der Waals surface area contributed by atoms with Crippen molar-refractivity contribution in [3.05, 3.63) is 28.8 Å². The molecule has 0 spiro atoms. The van der Waals surface area contributed by atoms with Crippen LogP contribution in [0.5, 0.6) is 5.75 Å². The highest BCUT2D eigenvalue weighted by molar-refractivity contribution is 5.70. The van der Waals surface area contributed by atoms with Crippen LogP contribution in [0.4, 0.5) is 0 Å². The summed E-state index contributed by atoms with van der Waals surface area (Å²) >= 11 is 0. The zero-order valence-corrected chi connectivity index (χ0v) is 27.2. The lowest BCUT2D eigenvalue weighted by Gasteiger charge is -2.29. The maximum Gasteiger partial charge on any atom is 0.306 e. The van der Waals surface area contributed by atoms with Crippen LogP contribution in [0, 0.1) is 0 Å². The average Bonchev–Trinajstić information content (AvgIpc) is 2.84. The summed E-state index contributed by atoms with van der Waals surface area (Å²) in [5.74, 6) is 0.314. The van der Waals surface area contributed by atoms with Crippen molar-refractivity contribution in [3.8, 4) is 5.75 Å². The van der Waals surface area contributed by atoms with Crippen LogP contribution in [-0.2, 0) is 20.4 Å². The molecule has 0 radical (unpaired) electrons. The van der Waals surface area contributed by atoms with Gasteiger partial charge in [-0.1, -0.05) is 164 Å². The normalized spacial score (nSPS) is 13.0. The second kappa shape index (κ2) is 18.8. The number of phenolic OH excluding ortho intramolecular Hbond substituents is 1. The molecule has 0 bridgehead atoms. The first-order chi connectivity index (χ1) is 18.4. The molecule has 1 rings (SSSR count). The van der Waals surface area contributed by atoms with E-state index in [9.17, 15) is 9.90 Å². The van der Waals surface area contributed by atoms with Crippen LogP contribution in [0.1, 0.15) is 187 Å². The van der Waals surface area contributed by atoms with Crippen molar-refractivity contribution in [2.75, 3.05) is 6.61 Å². The number of hydrogen-bond donors (Lipinski definition) is 1. The highest BCUT2D eigenvalue weighted by Gasteiger charge is 2.28. The first-order valence-electron chi connectivity index (χ1n) is 16.4. The molecular weight excluding hydrogens is 480 g/mol. The van der Waals surface area contributed by atoms with Gasteiger partial charge in [-0.3, -0.25) is 4.79 Å². The van der Waals surface area contributed by atoms with E-state index in [4.69, 9.17) is 4.74 Å². The smallest absolute Gasteiger partial charge is 0.306 e. The predicted molar refractivity (Wildman–Crippen MR) is 169 cm³/mol. The minimum absolute atomic E-state index is 0.0473. The van der Waals surface area contributed by atoms with Gasteiger partial charge in [-0.25, -0.2) is 0 Å². The fourth-order valence-electron chi connectivity index (χ4n) is 5.35. The van der Waals surface area contributed by atoms with Gasteiger partial charge in [-0.05, 0) is 39.9 Å². The maximum absolute atomic E-state index is 12.5. The maximum atomic E-state index is 12.5. The van der Waals surface area contributed by atoms with Gasteiger partial charge in [0.2, 0.25) is 0 Å². The number of hydrogen-bond acceptors (Lipinski definition) is 3. The van der Waals surface area contributed by atoms with Gasteiger partial charge in [0.1, 0.15) is 5.75 Å². The monoisotopic (exact) mass is 544 g/mol. The third-order valence-electron chi connectivity index (χ3n) is 8.05. The second-order valence-electron chi connectivity index (χ2n) is 14.1. The number of carbonyl (C=O) groups excluding carboxylic acids is 1. The summed E-state index contributed by atoms with van der Waals surface area (Å²) in [7, 11) is 0. The lowest BCUT2D eigenvalue weighted by atomic mass is 9.77. The molecule has 0 fully saturated rings. The van der Waals surface area contributed by atoms with E-state index in [-0.39, 0.29) is 22.7 Å². The van der Waals surface area contributed by atoms with Gasteiger partial charge < -0.3 is 9.84 Å². The molecule has 0 aliphatic carbocycles. The Morgan fingerprint density at radius 3 is 1.41 bits per heavy atom. The minimum atomic E-state index is -0.173. The van der Waals surface area contributed by atoms with Crippen LogP contribution in [0.2, 0.25) is 0 Å². The zero-order valence-electron chi connectivity index (χ0n) is 27.2. The molecule has 0 aliphatic heterocycles. The van der Waals surface area contributed by atoms with Gasteiger partial charge in [-0.2, -0.15) is 0 Å². The van der Waals surface area contributed by atoms with E-state index >= 15 is 0 Å². The van der Waals surface area contributed by atoms with E-state index in [2.05, 4.69) is 67.5 Å². The number of benzene rings is 1. The van der Waals surface area contributed by atoms with E-state index in [1.54, 1.807) is 0 Å². The molecule has 1 atom stereocenters. The Balaban J connectivity index is 2.21. The number of ether oxygens (including phenoxy) is 1. The van der Waals surface area contributed by atoms with Crippen LogP contribution < -0.4 is 0 Å². The molecule has 1 aromatic rings. The molecule has 0 aliphatic rings. The van der Waals surface area contributed by atoms with Gasteiger partial charge in [-0.15, -0.1) is 0 Å². The van der Waals surface area contributed by atoms with Gasteiger partial charge in [0.05, 0.1) is 13.0 Å². The predicted octanol–water partition coefficient (Wildman–Crippen LogP) is 11.3. The standard InChI is InChI=1S/C36H64O3/c1-9-10-11-12-13-14-15-16-17-18-19-20-21-22-23-24-25-39-33(37)26-29(2)30-27-31(35(3,4)5)34(38)32(28-30)36(6,7)8/h27-29,38H,9-26H2,1-8H3. The molecule has 226 valence electrons. The number of carbonyl (C=O) groups is 1. The zero-order chi connectivity index (χ0) is 29.3. The quantitative estimate of drug-likeness (QED) is 0.131. The third kappa shape index (κ3) is 15.2. The molecule has 0 saturated heterocycles. The Hall–Kier alpha value is -1.51. The average molecular weight is 545 g/mol. The Morgan fingerprint density at radius 1 is 0.692 bits per heavy atom. The van der Waals surface area contributed by atoms with Crippen molar-refractivity contribution in [2.45, 2.75) is 181 Å². The van der Waals surface area contributed by atoms with Crippen LogP contribution in [0.25, 0.3) is 0 Å². The number of rotatable bonds is 20. The van der Waals surface area contributed by atoms with Crippen molar-refractivity contribution in [3.63, 3.8) is 0 Å². The third-order valence-corrected chi connectivity index (χ3v) is 8.05. The first kappa shape index (κ1) is 35.5. The summed E-state index contributed by atoms with van der Waals surface area (Å²) < 4.78 is 5.58. The first-order valence-corrected chi connectivity index (χ1v) is 16.4. The Kier molecular flexibility index (Phi) is 17.1. The Labute approximate surface area is 242 Å². The molecule has 3 heteroatoms. The molecule has 1 unspecified atom stereocenters. The van der Waals surface area contributed by atoms with E-state index in [0.29, 0.717) is 18.8 Å². The lowest BCUT2D eigenvalue weighted by molar-refractivity contribution is -0.144. The van der Waals surface area contributed by atoms with Crippen LogP contribution in [0.15, 0.2) is 12.1 Å². The summed E-state index contributed by atoms with van der Waals surface area (Å²) in [6.45, 7) is 17.6. The van der Waals surface area contributed by atoms with Crippen molar-refractivity contribution < 1.29 is 14.6 Å². The number of unbranched alkanes of at least 4 members (excludes halogenated alkanes) is 15. The SMILES string of the molecule is CCCCCCCCCCCCCCCCCCOC(=O)CC(C)c1cc(C(C)(C)C)c(O)c(C(C)(C)C)c1. The summed E-state index contributed by atoms with van der Waals surface area (Å²) in [6, 6.07) is 4.16. The highest BCUT2D eigenvalue weighted by Crippen LogP contribution is 2.41. The van der Waals surface area contributed by atoms with Gasteiger partial charge in [0.15, 0.2) is 0 Å². The van der Waals surface area contributed by atoms with Crippen LogP contribution in [-0.4, -0.2) is 17.7 Å². The molecule has 3 nitrogen and oxygen atoms in total. The second-order valence-corrected chi connectivity index (χ2v) is 14.1. The van der Waals surface area contributed by atoms with Crippen molar-refractivity contribution in [1.82, 2.24) is 0 Å². The van der Waals surface area contributed by atoms with Gasteiger partial charge in [0, 0.05) is 0 Å². The number of aromatic hydroxyl groups is 1. The summed E-state index contributed by atoms with van der Waals surface area (Å²) in [6.07, 6.45) is 21.8. The fraction of sp³-hybridized carbons (Fsp3) is 0.806. The highest BCUT2D eigenvalue weighted by atomic mass is 16.5. The molecule has 0 aromatic heterocycles. The van der Waals surface area contributed by atoms with Crippen molar-refractivity contribution in [2.24, 2.45) is 0 Å². The van der Waals surface area contributed by atoms with Gasteiger partial charge in [0.25, 0.3) is 0 Å². The Morgan fingerprint density at radius 2 is 1.05 bits per heavy atom. The summed E-state index contributed by atoms with van der Waals surface area (Å²) in [5.41, 5.74) is 2.64. The molecule has 0 amide bonds. The number of phenols is 1. The molecule has 39 heavy (non-hydrogen) atoms. The molecular formula is C36H64O3. The van der Waals surface area contributed by atoms with E-state index in [1.165, 1.54) is 89.9 Å². The lowest BCUT2D eigenvalue weighted by Crippen LogP contribution is -2.19. The fourth-order valence-corrected chi connectivity index (χ4v) is 5.35. The van der Waals surface area contributed by atoms with Crippen molar-refractivity contribution in [1.29, 1.82) is 0 Å². The minimum Gasteiger partial charge on any atom is -0.507 e. The number of esters is 1. The molecule has 1 aromatic carbocycles. The van der Waals surface area contributed by atoms with E-state index in [1.807, 2.05) is 0 Å². The summed E-state index contributed by atoms with van der Waals surface area (Å²) in [4.78, 5) is 12.5. The van der Waals surface area contributed by atoms with Gasteiger partial charge >= 0.3 is 5.97 Å².